The van der Waals surface area contributed by atoms with Crippen LogP contribution in [-0.2, 0) is 9.59 Å². The topological polar surface area (TPSA) is 34.1 Å². The Balaban J connectivity index is 3.32. The normalized spacial score (nSPS) is 19.3. The summed E-state index contributed by atoms with van der Waals surface area (Å²) < 4.78 is 0.0322. The molecule has 64 valence electrons. The fourth-order valence-corrected chi connectivity index (χ4v) is 1.63. The fourth-order valence-electron chi connectivity index (χ4n) is 0.730. The molecule has 0 aromatic heterocycles. The molecular weight excluding hydrogens is 267 g/mol. The second-order valence-corrected chi connectivity index (χ2v) is 3.77. The van der Waals surface area contributed by atoms with E-state index in [0.29, 0.717) is 0 Å². The van der Waals surface area contributed by atoms with Gasteiger partial charge in [0.25, 0.3) is 0 Å². The van der Waals surface area contributed by atoms with E-state index in [2.05, 4.69) is 15.9 Å². The van der Waals surface area contributed by atoms with E-state index in [0.717, 1.165) is 0 Å². The van der Waals surface area contributed by atoms with Gasteiger partial charge in [0.05, 0.1) is 9.51 Å². The van der Waals surface area contributed by atoms with Crippen molar-refractivity contribution in [2.45, 2.75) is 6.92 Å². The van der Waals surface area contributed by atoms with Crippen LogP contribution in [0.1, 0.15) is 6.92 Å². The molecule has 0 aromatic rings. The van der Waals surface area contributed by atoms with Crippen molar-refractivity contribution in [3.63, 3.8) is 0 Å². The van der Waals surface area contributed by atoms with Gasteiger partial charge in [0, 0.05) is 5.57 Å². The summed E-state index contributed by atoms with van der Waals surface area (Å²) in [6, 6.07) is 0. The minimum absolute atomic E-state index is 0.0322. The van der Waals surface area contributed by atoms with Crippen molar-refractivity contribution in [1.29, 1.82) is 0 Å². The number of ketones is 2. The molecular formula is C7H3BrCl2O2. The highest BCUT2D eigenvalue weighted by Crippen LogP contribution is 2.31. The van der Waals surface area contributed by atoms with Crippen LogP contribution in [0.5, 0.6) is 0 Å². The standard InChI is InChI=1S/C7H3BrCl2O2/c1-2-4(9)7(12)3(8)5(10)6(2)11/h1H3. The van der Waals surface area contributed by atoms with Gasteiger partial charge >= 0.3 is 0 Å². The predicted molar refractivity (Wildman–Crippen MR) is 50.4 cm³/mol. The van der Waals surface area contributed by atoms with Crippen LogP contribution in [0.4, 0.5) is 0 Å². The zero-order valence-corrected chi connectivity index (χ0v) is 9.05. The van der Waals surface area contributed by atoms with Gasteiger partial charge in [-0.15, -0.1) is 0 Å². The summed E-state index contributed by atoms with van der Waals surface area (Å²) in [6.07, 6.45) is 0. The summed E-state index contributed by atoms with van der Waals surface area (Å²) in [5, 5.41) is -0.182. The molecule has 0 aliphatic heterocycles. The van der Waals surface area contributed by atoms with E-state index in [1.807, 2.05) is 0 Å². The van der Waals surface area contributed by atoms with Gasteiger partial charge in [0.2, 0.25) is 11.6 Å². The number of rotatable bonds is 0. The molecule has 2 nitrogen and oxygen atoms in total. The maximum absolute atomic E-state index is 11.2. The molecule has 12 heavy (non-hydrogen) atoms. The quantitative estimate of drug-likeness (QED) is 0.634. The monoisotopic (exact) mass is 268 g/mol. The maximum Gasteiger partial charge on any atom is 0.213 e. The van der Waals surface area contributed by atoms with Crippen LogP contribution in [0.15, 0.2) is 20.1 Å². The van der Waals surface area contributed by atoms with Crippen molar-refractivity contribution < 1.29 is 9.59 Å². The van der Waals surface area contributed by atoms with Gasteiger partial charge in [0.15, 0.2) is 0 Å². The molecule has 0 saturated carbocycles. The van der Waals surface area contributed by atoms with E-state index in [4.69, 9.17) is 23.2 Å². The number of Topliss-reactive ketones (excluding diaryl/α,β-unsaturated/α-hetero) is 2. The highest BCUT2D eigenvalue weighted by atomic mass is 79.9. The minimum atomic E-state index is -0.446. The molecule has 0 N–H and O–H groups in total. The molecule has 0 aromatic carbocycles. The molecule has 1 rings (SSSR count). The van der Waals surface area contributed by atoms with E-state index in [-0.39, 0.29) is 20.1 Å². The fraction of sp³-hybridized carbons (Fsp3) is 0.143. The lowest BCUT2D eigenvalue weighted by atomic mass is 10.1. The van der Waals surface area contributed by atoms with Crippen LogP contribution in [0, 0.1) is 0 Å². The lowest BCUT2D eigenvalue weighted by molar-refractivity contribution is -0.115. The van der Waals surface area contributed by atoms with Crippen molar-refractivity contribution in [1.82, 2.24) is 0 Å². The van der Waals surface area contributed by atoms with Crippen molar-refractivity contribution in [2.75, 3.05) is 0 Å². The Labute approximate surface area is 87.3 Å². The SMILES string of the molecule is CC1=C(Cl)C(=O)C(Br)=C(Cl)C1=O. The van der Waals surface area contributed by atoms with Crippen LogP contribution in [0.25, 0.3) is 0 Å². The van der Waals surface area contributed by atoms with Gasteiger partial charge < -0.3 is 0 Å². The molecule has 0 spiro atoms. The van der Waals surface area contributed by atoms with Gasteiger partial charge in [-0.1, -0.05) is 23.2 Å². The summed E-state index contributed by atoms with van der Waals surface area (Å²) >= 11 is 14.0. The highest BCUT2D eigenvalue weighted by molar-refractivity contribution is 9.12. The van der Waals surface area contributed by atoms with Crippen molar-refractivity contribution in [3.8, 4) is 0 Å². The molecule has 5 heteroatoms. The first kappa shape index (κ1) is 9.96. The summed E-state index contributed by atoms with van der Waals surface area (Å²) in [5.74, 6) is -0.855. The summed E-state index contributed by atoms with van der Waals surface area (Å²) in [7, 11) is 0. The van der Waals surface area contributed by atoms with Gasteiger partial charge in [-0.2, -0.15) is 0 Å². The summed E-state index contributed by atoms with van der Waals surface area (Å²) in [5.41, 5.74) is 0.190. The van der Waals surface area contributed by atoms with Crippen molar-refractivity contribution >= 4 is 50.7 Å². The number of hydrogen-bond acceptors (Lipinski definition) is 2. The van der Waals surface area contributed by atoms with Gasteiger partial charge in [0.1, 0.15) is 5.03 Å². The Morgan fingerprint density at radius 3 is 2.08 bits per heavy atom. The third-order valence-electron chi connectivity index (χ3n) is 1.46. The Morgan fingerprint density at radius 1 is 1.08 bits per heavy atom. The van der Waals surface area contributed by atoms with E-state index in [1.165, 1.54) is 6.92 Å². The number of allylic oxidation sites excluding steroid dienone is 4. The predicted octanol–water partition coefficient (Wildman–Crippen LogP) is 2.50. The largest absolute Gasteiger partial charge is 0.288 e. The van der Waals surface area contributed by atoms with E-state index in [1.54, 1.807) is 0 Å². The molecule has 0 amide bonds. The minimum Gasteiger partial charge on any atom is -0.288 e. The molecule has 0 unspecified atom stereocenters. The summed E-state index contributed by atoms with van der Waals surface area (Å²) in [6.45, 7) is 1.46. The average molecular weight is 270 g/mol. The summed E-state index contributed by atoms with van der Waals surface area (Å²) in [4.78, 5) is 22.3. The van der Waals surface area contributed by atoms with E-state index < -0.39 is 11.6 Å². The third kappa shape index (κ3) is 1.37. The lowest BCUT2D eigenvalue weighted by Crippen LogP contribution is -2.15. The highest BCUT2D eigenvalue weighted by Gasteiger charge is 2.29. The molecule has 1 aliphatic carbocycles. The number of halogens is 3. The first-order chi connectivity index (χ1) is 5.46. The lowest BCUT2D eigenvalue weighted by Gasteiger charge is -2.10. The molecule has 0 saturated heterocycles. The Hall–Kier alpha value is -0.120. The van der Waals surface area contributed by atoms with Crippen LogP contribution in [0.2, 0.25) is 0 Å². The first-order valence-electron chi connectivity index (χ1n) is 2.98. The Morgan fingerprint density at radius 2 is 1.58 bits per heavy atom. The van der Waals surface area contributed by atoms with Gasteiger partial charge in [-0.25, -0.2) is 0 Å². The maximum atomic E-state index is 11.2. The molecule has 0 radical (unpaired) electrons. The number of hydrogen-bond donors (Lipinski definition) is 0. The molecule has 0 fully saturated rings. The van der Waals surface area contributed by atoms with Gasteiger partial charge in [-0.3, -0.25) is 9.59 Å². The Bertz CT molecular complexity index is 279. The molecule has 1 aliphatic rings. The van der Waals surface area contributed by atoms with E-state index in [9.17, 15) is 9.59 Å². The number of carbonyl (C=O) groups is 2. The number of carbonyl (C=O) groups excluding carboxylic acids is 2. The van der Waals surface area contributed by atoms with Crippen LogP contribution in [0.3, 0.4) is 0 Å². The second-order valence-electron chi connectivity index (χ2n) is 2.23. The third-order valence-corrected chi connectivity index (χ3v) is 3.26. The van der Waals surface area contributed by atoms with Crippen LogP contribution in [-0.4, -0.2) is 11.6 Å². The van der Waals surface area contributed by atoms with Crippen molar-refractivity contribution in [2.24, 2.45) is 0 Å². The molecule has 0 atom stereocenters. The van der Waals surface area contributed by atoms with Crippen LogP contribution < -0.4 is 0 Å². The Kier molecular flexibility index (Phi) is 2.76. The zero-order valence-electron chi connectivity index (χ0n) is 5.95. The van der Waals surface area contributed by atoms with Crippen molar-refractivity contribution in [3.05, 3.63) is 20.1 Å². The molecule has 0 heterocycles. The average Bonchev–Trinajstić information content (AvgIpc) is 2.08. The van der Waals surface area contributed by atoms with E-state index >= 15 is 0 Å². The second kappa shape index (κ2) is 3.32. The molecule has 0 bridgehead atoms. The zero-order chi connectivity index (χ0) is 9.46. The van der Waals surface area contributed by atoms with Gasteiger partial charge in [-0.05, 0) is 22.9 Å². The smallest absolute Gasteiger partial charge is 0.213 e. The van der Waals surface area contributed by atoms with Crippen LogP contribution >= 0.6 is 39.1 Å². The first-order valence-corrected chi connectivity index (χ1v) is 4.52.